The second-order valence-corrected chi connectivity index (χ2v) is 4.54. The third-order valence-corrected chi connectivity index (χ3v) is 2.35. The van der Waals surface area contributed by atoms with E-state index >= 15 is 0 Å². The second kappa shape index (κ2) is 7.40. The van der Waals surface area contributed by atoms with Crippen LogP contribution in [-0.2, 0) is 9.53 Å². The van der Waals surface area contributed by atoms with Gasteiger partial charge >= 0.3 is 18.1 Å². The van der Waals surface area contributed by atoms with Crippen molar-refractivity contribution in [1.29, 1.82) is 0 Å². The Bertz CT molecular complexity index is 390. The smallest absolute Gasteiger partial charge is 0.457 e. The van der Waals surface area contributed by atoms with Gasteiger partial charge in [-0.05, 0) is 39.7 Å². The van der Waals surface area contributed by atoms with Crippen LogP contribution in [0.5, 0.6) is 0 Å². The Kier molecular flexibility index (Phi) is 6.88. The fraction of sp³-hybridized carbons (Fsp3) is 0.615. The molecule has 2 nitrogen and oxygen atoms in total. The summed E-state index contributed by atoms with van der Waals surface area (Å²) in [5, 5.41) is 0. The zero-order valence-electron chi connectivity index (χ0n) is 11.5. The molecule has 0 aliphatic rings. The Balaban J connectivity index is 4.30. The minimum absolute atomic E-state index is 0.606. The Hall–Kier alpha value is -1.40. The van der Waals surface area contributed by atoms with Crippen molar-refractivity contribution >= 4 is 5.97 Å². The summed E-state index contributed by atoms with van der Waals surface area (Å²) in [7, 11) is 0. The van der Waals surface area contributed by atoms with Crippen LogP contribution in [0.3, 0.4) is 0 Å². The summed E-state index contributed by atoms with van der Waals surface area (Å²) in [6.45, 7) is 4.90. The Morgan fingerprint density at radius 2 is 1.60 bits per heavy atom. The molecule has 0 aromatic carbocycles. The first kappa shape index (κ1) is 18.6. The molecule has 0 bridgehead atoms. The van der Waals surface area contributed by atoms with Crippen LogP contribution >= 0.6 is 0 Å². The molecular weight excluding hydrogens is 283 g/mol. The van der Waals surface area contributed by atoms with Crippen LogP contribution < -0.4 is 0 Å². The molecule has 0 saturated carbocycles. The van der Waals surface area contributed by atoms with E-state index in [2.05, 4.69) is 4.74 Å². The fourth-order valence-electron chi connectivity index (χ4n) is 1.16. The van der Waals surface area contributed by atoms with E-state index in [0.717, 1.165) is 17.6 Å². The van der Waals surface area contributed by atoms with E-state index < -0.39 is 24.7 Å². The molecule has 7 heteroatoms. The quantitative estimate of drug-likeness (QED) is 0.412. The van der Waals surface area contributed by atoms with Crippen LogP contribution in [0.1, 0.15) is 33.6 Å². The third kappa shape index (κ3) is 6.16. The third-order valence-electron chi connectivity index (χ3n) is 2.35. The summed E-state index contributed by atoms with van der Waals surface area (Å²) in [5.41, 5.74) is 1.86. The topological polar surface area (TPSA) is 26.3 Å². The molecule has 0 atom stereocenters. The summed E-state index contributed by atoms with van der Waals surface area (Å²) in [4.78, 5) is 10.7. The van der Waals surface area contributed by atoms with Gasteiger partial charge in [0.2, 0.25) is 0 Å². The van der Waals surface area contributed by atoms with E-state index in [9.17, 15) is 26.7 Å². The lowest BCUT2D eigenvalue weighted by molar-refractivity contribution is -0.280. The lowest BCUT2D eigenvalue weighted by atomic mass is 10.1. The molecule has 116 valence electrons. The van der Waals surface area contributed by atoms with Crippen molar-refractivity contribution in [3.05, 3.63) is 23.3 Å². The zero-order chi connectivity index (χ0) is 16.0. The van der Waals surface area contributed by atoms with Crippen LogP contribution in [0.2, 0.25) is 0 Å². The van der Waals surface area contributed by atoms with Crippen LogP contribution in [0.25, 0.3) is 0 Å². The lowest BCUT2D eigenvalue weighted by Gasteiger charge is -2.17. The molecule has 0 fully saturated rings. The maximum Gasteiger partial charge on any atom is 0.465 e. The van der Waals surface area contributed by atoms with Gasteiger partial charge in [0.1, 0.15) is 6.61 Å². The maximum absolute atomic E-state index is 12.5. The van der Waals surface area contributed by atoms with Gasteiger partial charge in [-0.1, -0.05) is 17.2 Å². The van der Waals surface area contributed by atoms with E-state index in [4.69, 9.17) is 0 Å². The highest BCUT2D eigenvalue weighted by Gasteiger charge is 2.64. The number of allylic oxidation sites excluding steroid dienone is 3. The molecule has 0 N–H and O–H groups in total. The normalized spacial score (nSPS) is 13.1. The summed E-state index contributed by atoms with van der Waals surface area (Å²) < 4.78 is 64.5. The van der Waals surface area contributed by atoms with Crippen molar-refractivity contribution in [3.63, 3.8) is 0 Å². The van der Waals surface area contributed by atoms with Gasteiger partial charge in [-0.3, -0.25) is 0 Å². The molecule has 0 aliphatic heterocycles. The van der Waals surface area contributed by atoms with E-state index in [1.807, 2.05) is 19.9 Å². The monoisotopic (exact) mass is 300 g/mol. The molecule has 0 aromatic heterocycles. The molecule has 0 unspecified atom stereocenters. The molecule has 0 aliphatic carbocycles. The Morgan fingerprint density at radius 3 is 2.05 bits per heavy atom. The van der Waals surface area contributed by atoms with Crippen LogP contribution in [0.15, 0.2) is 23.3 Å². The molecule has 0 aromatic rings. The van der Waals surface area contributed by atoms with Crippen molar-refractivity contribution in [2.45, 2.75) is 45.7 Å². The number of halogens is 5. The molecule has 0 spiro atoms. The van der Waals surface area contributed by atoms with Crippen molar-refractivity contribution in [1.82, 2.24) is 0 Å². The van der Waals surface area contributed by atoms with Crippen LogP contribution in [-0.4, -0.2) is 24.7 Å². The van der Waals surface area contributed by atoms with E-state index in [1.165, 1.54) is 6.08 Å². The van der Waals surface area contributed by atoms with Crippen LogP contribution in [0, 0.1) is 0 Å². The summed E-state index contributed by atoms with van der Waals surface area (Å²) in [6, 6.07) is 0. The molecule has 0 saturated heterocycles. The number of alkyl halides is 5. The van der Waals surface area contributed by atoms with Gasteiger partial charge in [-0.25, -0.2) is 4.79 Å². The second-order valence-electron chi connectivity index (χ2n) is 4.54. The van der Waals surface area contributed by atoms with Crippen molar-refractivity contribution in [3.8, 4) is 0 Å². The SMILES string of the molecule is CC(C)=CCC/C(C)=C/COC(=O)C(F)(F)C(F)(F)F. The summed E-state index contributed by atoms with van der Waals surface area (Å²) in [5.74, 6) is -8.06. The molecule has 20 heavy (non-hydrogen) atoms. The first-order valence-corrected chi connectivity index (χ1v) is 5.89. The summed E-state index contributed by atoms with van der Waals surface area (Å²) in [6.07, 6.45) is -1.34. The first-order chi connectivity index (χ1) is 8.98. The Labute approximate surface area is 114 Å². The highest BCUT2D eigenvalue weighted by atomic mass is 19.4. The Morgan fingerprint density at radius 1 is 1.05 bits per heavy atom. The fourth-order valence-corrected chi connectivity index (χ4v) is 1.16. The minimum Gasteiger partial charge on any atom is -0.457 e. The number of ether oxygens (including phenoxy) is 1. The average Bonchev–Trinajstić information content (AvgIpc) is 2.26. The highest BCUT2D eigenvalue weighted by Crippen LogP contribution is 2.36. The number of carbonyl (C=O) groups is 1. The first-order valence-electron chi connectivity index (χ1n) is 5.89. The van der Waals surface area contributed by atoms with E-state index in [1.54, 1.807) is 6.92 Å². The average molecular weight is 300 g/mol. The number of hydrogen-bond donors (Lipinski definition) is 0. The summed E-state index contributed by atoms with van der Waals surface area (Å²) >= 11 is 0. The predicted molar refractivity (Wildman–Crippen MR) is 64.4 cm³/mol. The predicted octanol–water partition coefficient (Wildman–Crippen LogP) is 4.42. The van der Waals surface area contributed by atoms with Gasteiger partial charge in [-0.2, -0.15) is 22.0 Å². The van der Waals surface area contributed by atoms with Gasteiger partial charge in [-0.15, -0.1) is 0 Å². The van der Waals surface area contributed by atoms with Gasteiger partial charge in [0.15, 0.2) is 0 Å². The number of carbonyl (C=O) groups excluding carboxylic acids is 1. The van der Waals surface area contributed by atoms with Crippen LogP contribution in [0.4, 0.5) is 22.0 Å². The number of esters is 1. The van der Waals surface area contributed by atoms with E-state index in [0.29, 0.717) is 6.42 Å². The van der Waals surface area contributed by atoms with Crippen molar-refractivity contribution < 1.29 is 31.5 Å². The maximum atomic E-state index is 12.5. The standard InChI is InChI=1S/C13H17F5O2/c1-9(2)5-4-6-10(3)7-8-20-11(19)12(14,15)13(16,17)18/h5,7H,4,6,8H2,1-3H3/b10-7+. The van der Waals surface area contributed by atoms with Crippen molar-refractivity contribution in [2.24, 2.45) is 0 Å². The van der Waals surface area contributed by atoms with Gasteiger partial charge < -0.3 is 4.74 Å². The highest BCUT2D eigenvalue weighted by molar-refractivity contribution is 5.78. The minimum atomic E-state index is -5.94. The molecule has 0 heterocycles. The number of hydrogen-bond acceptors (Lipinski definition) is 2. The van der Waals surface area contributed by atoms with Gasteiger partial charge in [0.05, 0.1) is 0 Å². The molecule has 0 rings (SSSR count). The molecule has 0 amide bonds. The number of rotatable bonds is 6. The van der Waals surface area contributed by atoms with E-state index in [-0.39, 0.29) is 0 Å². The van der Waals surface area contributed by atoms with Gasteiger partial charge in [0, 0.05) is 0 Å². The molecule has 0 radical (unpaired) electrons. The zero-order valence-corrected chi connectivity index (χ0v) is 11.5. The molecular formula is C13H17F5O2. The lowest BCUT2D eigenvalue weighted by Crippen LogP contribution is -2.45. The largest absolute Gasteiger partial charge is 0.465 e. The van der Waals surface area contributed by atoms with Gasteiger partial charge in [0.25, 0.3) is 0 Å². The van der Waals surface area contributed by atoms with Crippen molar-refractivity contribution in [2.75, 3.05) is 6.61 Å².